The van der Waals surface area contributed by atoms with Crippen LogP contribution in [-0.4, -0.2) is 96.7 Å². The number of aliphatic hydroxyl groups excluding tert-OH is 1. The molecule has 0 aromatic heterocycles. The van der Waals surface area contributed by atoms with Crippen LogP contribution in [0.5, 0.6) is 0 Å². The third-order valence-corrected chi connectivity index (χ3v) is 20.4. The fourth-order valence-corrected chi connectivity index (χ4v) is 13.8. The highest BCUT2D eigenvalue weighted by Crippen LogP contribution is 2.45. The predicted molar refractivity (Wildman–Crippen MR) is 400 cm³/mol. The minimum absolute atomic E-state index is 0.107. The molecule has 0 heterocycles. The first-order valence-electron chi connectivity index (χ1n) is 41.0. The average molecular weight is 1440 g/mol. The Kier molecular flexibility index (Phi) is 69.3. The van der Waals surface area contributed by atoms with E-state index < -0.39 is 97.5 Å². The molecule has 0 bridgehead atoms. The number of ether oxygens (including phenoxy) is 4. The van der Waals surface area contributed by atoms with E-state index in [1.807, 2.05) is 0 Å². The highest BCUT2D eigenvalue weighted by molar-refractivity contribution is 7.47. The molecule has 5 atom stereocenters. The molecule has 19 heteroatoms. The van der Waals surface area contributed by atoms with Gasteiger partial charge in [0.2, 0.25) is 0 Å². The molecule has 17 nitrogen and oxygen atoms in total. The Labute approximate surface area is 600 Å². The van der Waals surface area contributed by atoms with Crippen LogP contribution in [0.2, 0.25) is 0 Å². The number of phosphoric acid groups is 2. The van der Waals surface area contributed by atoms with Gasteiger partial charge in [0, 0.05) is 25.7 Å². The van der Waals surface area contributed by atoms with Crippen molar-refractivity contribution in [3.63, 3.8) is 0 Å². The van der Waals surface area contributed by atoms with Crippen molar-refractivity contribution >= 4 is 39.5 Å². The highest BCUT2D eigenvalue weighted by atomic mass is 31.2. The van der Waals surface area contributed by atoms with Crippen molar-refractivity contribution < 1.29 is 80.2 Å². The molecule has 0 saturated heterocycles. The fourth-order valence-electron chi connectivity index (χ4n) is 12.2. The van der Waals surface area contributed by atoms with Gasteiger partial charge in [-0.05, 0) is 37.5 Å². The standard InChI is InChI=1S/C79H154O17P2/c1-7-9-11-13-15-17-19-27-32-36-43-49-55-61-76(81)89-67-74(95-79(84)64-58-52-46-38-34-30-26-24-22-21-23-25-29-31-35-41-47-53-59-71(3)4)69-93-97(85,86)91-65-73(80)66-92-98(87,88)94-70-75(68-90-77(82)62-56-50-44-40-39-42-48-54-60-72(5)6)96-78(83)63-57-51-45-37-33-28-20-18-16-14-12-10-8-2/h71-75,80H,7-70H2,1-6H3,(H,85,86)(H,87,88)/t73-,74-,75-/m1/s1. The number of rotatable bonds is 78. The van der Waals surface area contributed by atoms with E-state index in [-0.39, 0.29) is 25.7 Å². The Morgan fingerprint density at radius 3 is 0.694 bits per heavy atom. The zero-order valence-corrected chi connectivity index (χ0v) is 65.9. The van der Waals surface area contributed by atoms with Crippen molar-refractivity contribution in [2.75, 3.05) is 39.6 Å². The van der Waals surface area contributed by atoms with E-state index in [2.05, 4.69) is 41.5 Å². The van der Waals surface area contributed by atoms with Gasteiger partial charge in [-0.2, -0.15) is 0 Å². The third kappa shape index (κ3) is 72.4. The number of aliphatic hydroxyl groups is 1. The van der Waals surface area contributed by atoms with Crippen molar-refractivity contribution in [3.8, 4) is 0 Å². The zero-order chi connectivity index (χ0) is 72.1. The molecule has 0 radical (unpaired) electrons. The van der Waals surface area contributed by atoms with Gasteiger partial charge in [0.15, 0.2) is 12.2 Å². The number of hydrogen-bond donors (Lipinski definition) is 3. The minimum Gasteiger partial charge on any atom is -0.462 e. The highest BCUT2D eigenvalue weighted by Gasteiger charge is 2.30. The van der Waals surface area contributed by atoms with Crippen LogP contribution in [0.4, 0.5) is 0 Å². The Morgan fingerprint density at radius 2 is 0.469 bits per heavy atom. The van der Waals surface area contributed by atoms with Gasteiger partial charge < -0.3 is 33.8 Å². The van der Waals surface area contributed by atoms with Crippen molar-refractivity contribution in [1.82, 2.24) is 0 Å². The van der Waals surface area contributed by atoms with Crippen molar-refractivity contribution in [3.05, 3.63) is 0 Å². The molecule has 0 saturated carbocycles. The van der Waals surface area contributed by atoms with E-state index in [9.17, 15) is 43.2 Å². The largest absolute Gasteiger partial charge is 0.472 e. The summed E-state index contributed by atoms with van der Waals surface area (Å²) in [6.07, 6.45) is 59.6. The van der Waals surface area contributed by atoms with Gasteiger partial charge in [0.1, 0.15) is 19.3 Å². The average Bonchev–Trinajstić information content (AvgIpc) is 1.26. The molecular weight excluding hydrogens is 1280 g/mol. The van der Waals surface area contributed by atoms with Crippen LogP contribution in [0.15, 0.2) is 0 Å². The maximum Gasteiger partial charge on any atom is 0.472 e. The summed E-state index contributed by atoms with van der Waals surface area (Å²) in [4.78, 5) is 72.9. The second kappa shape index (κ2) is 70.7. The van der Waals surface area contributed by atoms with Crippen LogP contribution >= 0.6 is 15.6 Å². The Balaban J connectivity index is 5.21. The summed E-state index contributed by atoms with van der Waals surface area (Å²) in [5.41, 5.74) is 0. The van der Waals surface area contributed by atoms with Gasteiger partial charge in [-0.1, -0.05) is 363 Å². The minimum atomic E-state index is -4.96. The lowest BCUT2D eigenvalue weighted by Crippen LogP contribution is -2.30. The molecule has 0 amide bonds. The molecule has 98 heavy (non-hydrogen) atoms. The first kappa shape index (κ1) is 96.1. The van der Waals surface area contributed by atoms with Crippen LogP contribution in [0.3, 0.4) is 0 Å². The smallest absolute Gasteiger partial charge is 0.462 e. The molecule has 0 spiro atoms. The summed E-state index contributed by atoms with van der Waals surface area (Å²) in [6, 6.07) is 0. The first-order valence-corrected chi connectivity index (χ1v) is 44.0. The molecule has 2 unspecified atom stereocenters. The number of phosphoric ester groups is 2. The van der Waals surface area contributed by atoms with E-state index in [0.717, 1.165) is 102 Å². The Morgan fingerprint density at radius 1 is 0.276 bits per heavy atom. The molecule has 0 rings (SSSR count). The van der Waals surface area contributed by atoms with E-state index in [4.69, 9.17) is 37.0 Å². The second-order valence-corrected chi connectivity index (χ2v) is 32.3. The van der Waals surface area contributed by atoms with Gasteiger partial charge in [0.25, 0.3) is 0 Å². The van der Waals surface area contributed by atoms with Gasteiger partial charge >= 0.3 is 39.5 Å². The summed E-state index contributed by atoms with van der Waals surface area (Å²) < 4.78 is 68.6. The molecular formula is C79H154O17P2. The van der Waals surface area contributed by atoms with E-state index >= 15 is 0 Å². The molecule has 0 aromatic carbocycles. The van der Waals surface area contributed by atoms with Crippen molar-refractivity contribution in [2.24, 2.45) is 11.8 Å². The van der Waals surface area contributed by atoms with Crippen molar-refractivity contribution in [1.29, 1.82) is 0 Å². The lowest BCUT2D eigenvalue weighted by Gasteiger charge is -2.21. The second-order valence-electron chi connectivity index (χ2n) is 29.4. The maximum atomic E-state index is 13.1. The van der Waals surface area contributed by atoms with Crippen molar-refractivity contribution in [2.45, 2.75) is 432 Å². The third-order valence-electron chi connectivity index (χ3n) is 18.5. The number of carbonyl (C=O) groups is 4. The predicted octanol–water partition coefficient (Wildman–Crippen LogP) is 23.5. The summed E-state index contributed by atoms with van der Waals surface area (Å²) >= 11 is 0. The molecule has 582 valence electrons. The fraction of sp³-hybridized carbons (Fsp3) is 0.949. The Hall–Kier alpha value is -1.94. The summed E-state index contributed by atoms with van der Waals surface area (Å²) in [5.74, 6) is -0.563. The summed E-state index contributed by atoms with van der Waals surface area (Å²) in [6.45, 7) is 9.62. The van der Waals surface area contributed by atoms with E-state index in [1.54, 1.807) is 0 Å². The van der Waals surface area contributed by atoms with Gasteiger partial charge in [0.05, 0.1) is 26.4 Å². The number of hydrogen-bond acceptors (Lipinski definition) is 15. The monoisotopic (exact) mass is 1440 g/mol. The number of carbonyl (C=O) groups excluding carboxylic acids is 4. The first-order chi connectivity index (χ1) is 47.4. The van der Waals surface area contributed by atoms with Crippen LogP contribution < -0.4 is 0 Å². The summed E-state index contributed by atoms with van der Waals surface area (Å²) in [5, 5.41) is 10.6. The van der Waals surface area contributed by atoms with Crippen LogP contribution in [0.25, 0.3) is 0 Å². The number of esters is 4. The zero-order valence-electron chi connectivity index (χ0n) is 64.1. The van der Waals surface area contributed by atoms with E-state index in [0.29, 0.717) is 25.7 Å². The van der Waals surface area contributed by atoms with Gasteiger partial charge in [-0.25, -0.2) is 9.13 Å². The lowest BCUT2D eigenvalue weighted by atomic mass is 10.0. The van der Waals surface area contributed by atoms with Gasteiger partial charge in [-0.15, -0.1) is 0 Å². The van der Waals surface area contributed by atoms with Gasteiger partial charge in [-0.3, -0.25) is 37.3 Å². The summed E-state index contributed by atoms with van der Waals surface area (Å²) in [7, 11) is -9.91. The molecule has 0 aliphatic rings. The number of unbranched alkanes of at least 4 members (excludes halogenated alkanes) is 48. The molecule has 0 aliphatic heterocycles. The van der Waals surface area contributed by atoms with E-state index in [1.165, 1.54) is 231 Å². The molecule has 0 aliphatic carbocycles. The van der Waals surface area contributed by atoms with Crippen LogP contribution in [0.1, 0.15) is 414 Å². The van der Waals surface area contributed by atoms with Crippen LogP contribution in [0, 0.1) is 11.8 Å². The molecule has 0 fully saturated rings. The SMILES string of the molecule is CCCCCCCCCCCCCCCC(=O)OC[C@H](COP(=O)(O)OC[C@@H](O)COP(=O)(O)OC[C@@H](COC(=O)CCCCCCCCCCC(C)C)OC(=O)CCCCCCCCCCCCCCC)OC(=O)CCCCCCCCCCCCCCCCCCCCC(C)C. The topological polar surface area (TPSA) is 237 Å². The quantitative estimate of drug-likeness (QED) is 0.0222. The molecule has 0 aromatic rings. The van der Waals surface area contributed by atoms with Crippen LogP contribution in [-0.2, 0) is 65.4 Å². The normalized spacial score (nSPS) is 13.9. The molecule has 3 N–H and O–H groups in total. The maximum absolute atomic E-state index is 13.1. The Bertz CT molecular complexity index is 1890. The lowest BCUT2D eigenvalue weighted by molar-refractivity contribution is -0.161.